The number of hydrogen-bond donors (Lipinski definition) is 2. The first-order valence-corrected chi connectivity index (χ1v) is 5.02. The van der Waals surface area contributed by atoms with Crippen LogP contribution >= 0.6 is 0 Å². The van der Waals surface area contributed by atoms with Crippen molar-refractivity contribution in [2.75, 3.05) is 5.32 Å². The van der Waals surface area contributed by atoms with Crippen molar-refractivity contribution < 1.29 is 4.79 Å². The molecule has 4 nitrogen and oxygen atoms in total. The largest absolute Gasteiger partial charge is 0.311 e. The molecule has 0 bridgehead atoms. The van der Waals surface area contributed by atoms with E-state index >= 15 is 0 Å². The summed E-state index contributed by atoms with van der Waals surface area (Å²) in [6.07, 6.45) is 3.46. The number of aryl methyl sites for hydroxylation is 1. The van der Waals surface area contributed by atoms with Crippen LogP contribution in [-0.4, -0.2) is 16.1 Å². The molecule has 4 heteroatoms. The van der Waals surface area contributed by atoms with Crippen molar-refractivity contribution in [3.8, 4) is 0 Å². The van der Waals surface area contributed by atoms with Crippen LogP contribution in [0.5, 0.6) is 0 Å². The first-order chi connectivity index (χ1) is 6.69. The molecular formula is C10H17N3O. The molecule has 2 N–H and O–H groups in total. The third-order valence-electron chi connectivity index (χ3n) is 2.41. The minimum absolute atomic E-state index is 0.0445. The second kappa shape index (κ2) is 4.79. The van der Waals surface area contributed by atoms with Crippen LogP contribution < -0.4 is 5.32 Å². The summed E-state index contributed by atoms with van der Waals surface area (Å²) in [6.45, 7) is 5.94. The van der Waals surface area contributed by atoms with Gasteiger partial charge >= 0.3 is 0 Å². The molecule has 1 heterocycles. The molecule has 0 aromatic carbocycles. The van der Waals surface area contributed by atoms with Crippen molar-refractivity contribution in [1.29, 1.82) is 0 Å². The van der Waals surface area contributed by atoms with Crippen LogP contribution in [0.1, 0.15) is 32.8 Å². The number of nitrogens with one attached hydrogen (secondary N) is 2. The number of amides is 1. The van der Waals surface area contributed by atoms with E-state index in [2.05, 4.69) is 15.5 Å². The lowest BCUT2D eigenvalue weighted by Crippen LogP contribution is -2.20. The molecule has 0 saturated carbocycles. The van der Waals surface area contributed by atoms with Crippen molar-refractivity contribution in [1.82, 2.24) is 10.2 Å². The van der Waals surface area contributed by atoms with Crippen molar-refractivity contribution in [2.45, 2.75) is 33.6 Å². The molecule has 1 atom stereocenters. The molecule has 78 valence electrons. The number of aromatic amines is 1. The quantitative estimate of drug-likeness (QED) is 0.771. The number of anilines is 1. The Bertz CT molecular complexity index is 306. The fraction of sp³-hybridized carbons (Fsp3) is 0.600. The van der Waals surface area contributed by atoms with E-state index in [1.54, 1.807) is 6.20 Å². The molecule has 14 heavy (non-hydrogen) atoms. The van der Waals surface area contributed by atoms with E-state index in [1.165, 1.54) is 0 Å². The summed E-state index contributed by atoms with van der Waals surface area (Å²) in [5, 5.41) is 9.51. The summed E-state index contributed by atoms with van der Waals surface area (Å²) in [6, 6.07) is 0. The normalized spacial score (nSPS) is 12.5. The van der Waals surface area contributed by atoms with Gasteiger partial charge in [-0.3, -0.25) is 9.89 Å². The molecular weight excluding hydrogens is 178 g/mol. The number of hydrogen-bond acceptors (Lipinski definition) is 2. The Balaban J connectivity index is 2.64. The second-order valence-electron chi connectivity index (χ2n) is 3.42. The third-order valence-corrected chi connectivity index (χ3v) is 2.41. The van der Waals surface area contributed by atoms with Gasteiger partial charge in [0.15, 0.2) is 0 Å². The highest BCUT2D eigenvalue weighted by Crippen LogP contribution is 2.13. The molecule has 0 radical (unpaired) electrons. The Labute approximate surface area is 84.1 Å². The van der Waals surface area contributed by atoms with Gasteiger partial charge in [-0.05, 0) is 12.8 Å². The number of rotatable bonds is 4. The van der Waals surface area contributed by atoms with E-state index in [-0.39, 0.29) is 11.8 Å². The molecule has 0 aliphatic carbocycles. The van der Waals surface area contributed by atoms with Crippen LogP contribution in [0.15, 0.2) is 6.20 Å². The highest BCUT2D eigenvalue weighted by molar-refractivity contribution is 5.91. The summed E-state index contributed by atoms with van der Waals surface area (Å²) in [7, 11) is 0. The van der Waals surface area contributed by atoms with Crippen LogP contribution in [0.2, 0.25) is 0 Å². The van der Waals surface area contributed by atoms with Crippen molar-refractivity contribution in [3.05, 3.63) is 11.8 Å². The Hall–Kier alpha value is -1.32. The van der Waals surface area contributed by atoms with Crippen molar-refractivity contribution >= 4 is 11.7 Å². The number of aromatic nitrogens is 2. The van der Waals surface area contributed by atoms with Gasteiger partial charge in [-0.25, -0.2) is 0 Å². The smallest absolute Gasteiger partial charge is 0.228 e. The lowest BCUT2D eigenvalue weighted by Gasteiger charge is -2.09. The average Bonchev–Trinajstić information content (AvgIpc) is 2.63. The fourth-order valence-corrected chi connectivity index (χ4v) is 1.12. The molecule has 0 fully saturated rings. The van der Waals surface area contributed by atoms with Crippen LogP contribution in [0.4, 0.5) is 5.82 Å². The van der Waals surface area contributed by atoms with E-state index in [0.29, 0.717) is 0 Å². The van der Waals surface area contributed by atoms with Gasteiger partial charge in [-0.2, -0.15) is 5.10 Å². The summed E-state index contributed by atoms with van der Waals surface area (Å²) < 4.78 is 0. The highest BCUT2D eigenvalue weighted by atomic mass is 16.1. The molecule has 1 amide bonds. The van der Waals surface area contributed by atoms with Gasteiger partial charge < -0.3 is 5.32 Å². The molecule has 1 unspecified atom stereocenters. The lowest BCUT2D eigenvalue weighted by atomic mass is 10.1. The van der Waals surface area contributed by atoms with Gasteiger partial charge in [0.1, 0.15) is 5.82 Å². The maximum atomic E-state index is 11.6. The predicted octanol–water partition coefficient (Wildman–Crippen LogP) is 1.96. The molecule has 1 aromatic rings. The SMILES string of the molecule is CCc1cn[nH]c1NC(=O)C(C)CC. The summed E-state index contributed by atoms with van der Waals surface area (Å²) in [5.41, 5.74) is 1.04. The predicted molar refractivity (Wildman–Crippen MR) is 56.1 cm³/mol. The monoisotopic (exact) mass is 195 g/mol. The van der Waals surface area contributed by atoms with Gasteiger partial charge in [-0.1, -0.05) is 20.8 Å². The van der Waals surface area contributed by atoms with Gasteiger partial charge in [0, 0.05) is 11.5 Å². The second-order valence-corrected chi connectivity index (χ2v) is 3.42. The molecule has 0 spiro atoms. The van der Waals surface area contributed by atoms with E-state index in [0.717, 1.165) is 24.2 Å². The number of carbonyl (C=O) groups excluding carboxylic acids is 1. The Kier molecular flexibility index (Phi) is 3.68. The van der Waals surface area contributed by atoms with E-state index in [1.807, 2.05) is 20.8 Å². The molecule has 0 aliphatic rings. The zero-order valence-electron chi connectivity index (χ0n) is 8.92. The van der Waals surface area contributed by atoms with E-state index in [4.69, 9.17) is 0 Å². The third kappa shape index (κ3) is 2.34. The van der Waals surface area contributed by atoms with Crippen molar-refractivity contribution in [2.24, 2.45) is 5.92 Å². The van der Waals surface area contributed by atoms with Gasteiger partial charge in [0.05, 0.1) is 6.20 Å². The van der Waals surface area contributed by atoms with E-state index in [9.17, 15) is 4.79 Å². The molecule has 0 saturated heterocycles. The van der Waals surface area contributed by atoms with Gasteiger partial charge in [0.2, 0.25) is 5.91 Å². The topological polar surface area (TPSA) is 57.8 Å². The molecule has 1 rings (SSSR count). The Morgan fingerprint density at radius 2 is 2.36 bits per heavy atom. The van der Waals surface area contributed by atoms with Gasteiger partial charge in [0.25, 0.3) is 0 Å². The zero-order chi connectivity index (χ0) is 10.6. The number of H-pyrrole nitrogens is 1. The van der Waals surface area contributed by atoms with Crippen LogP contribution in [0.25, 0.3) is 0 Å². The summed E-state index contributed by atoms with van der Waals surface area (Å²) in [4.78, 5) is 11.6. The average molecular weight is 195 g/mol. The van der Waals surface area contributed by atoms with Crippen LogP contribution in [-0.2, 0) is 11.2 Å². The first kappa shape index (κ1) is 10.8. The Morgan fingerprint density at radius 3 is 2.93 bits per heavy atom. The molecule has 0 aliphatic heterocycles. The maximum absolute atomic E-state index is 11.6. The number of nitrogens with zero attached hydrogens (tertiary/aromatic N) is 1. The fourth-order valence-electron chi connectivity index (χ4n) is 1.12. The Morgan fingerprint density at radius 1 is 1.64 bits per heavy atom. The summed E-state index contributed by atoms with van der Waals surface area (Å²) >= 11 is 0. The number of carbonyl (C=O) groups is 1. The highest BCUT2D eigenvalue weighted by Gasteiger charge is 2.12. The van der Waals surface area contributed by atoms with Crippen LogP contribution in [0, 0.1) is 5.92 Å². The van der Waals surface area contributed by atoms with E-state index < -0.39 is 0 Å². The lowest BCUT2D eigenvalue weighted by molar-refractivity contribution is -0.119. The first-order valence-electron chi connectivity index (χ1n) is 5.02. The van der Waals surface area contributed by atoms with Crippen LogP contribution in [0.3, 0.4) is 0 Å². The zero-order valence-corrected chi connectivity index (χ0v) is 8.92. The molecule has 1 aromatic heterocycles. The summed E-state index contributed by atoms with van der Waals surface area (Å²) in [5.74, 6) is 0.826. The van der Waals surface area contributed by atoms with Gasteiger partial charge in [-0.15, -0.1) is 0 Å². The maximum Gasteiger partial charge on any atom is 0.228 e. The minimum Gasteiger partial charge on any atom is -0.311 e. The standard InChI is InChI=1S/C10H17N3O/c1-4-7(3)10(14)12-9-8(5-2)6-11-13-9/h6-7H,4-5H2,1-3H3,(H2,11,12,13,14). The minimum atomic E-state index is 0.0445. The van der Waals surface area contributed by atoms with Crippen molar-refractivity contribution in [3.63, 3.8) is 0 Å².